The molecule has 1 aliphatic carbocycles. The minimum atomic E-state index is -0.464. The first-order valence-corrected chi connectivity index (χ1v) is 9.81. The molecule has 25 heavy (non-hydrogen) atoms. The summed E-state index contributed by atoms with van der Waals surface area (Å²) in [4.78, 5) is 37.1. The lowest BCUT2D eigenvalue weighted by Crippen LogP contribution is -2.20. The van der Waals surface area contributed by atoms with E-state index in [1.165, 1.54) is 11.3 Å². The third-order valence-corrected chi connectivity index (χ3v) is 6.30. The second-order valence-electron chi connectivity index (χ2n) is 6.18. The summed E-state index contributed by atoms with van der Waals surface area (Å²) in [6.45, 7) is 6.05. The fourth-order valence-corrected chi connectivity index (χ4v) is 4.31. The minimum Gasteiger partial charge on any atom is -0.460 e. The number of carbonyl (C=O) groups excluding carboxylic acids is 2. The molecule has 1 amide bonds. The van der Waals surface area contributed by atoms with E-state index in [0.29, 0.717) is 17.1 Å². The van der Waals surface area contributed by atoms with Crippen LogP contribution in [0.4, 0.5) is 5.00 Å². The molecule has 1 fully saturated rings. The molecule has 0 atom stereocenters. The van der Waals surface area contributed by atoms with Gasteiger partial charge in [0.25, 0.3) is 0 Å². The first-order valence-electron chi connectivity index (χ1n) is 8.11. The third-order valence-electron chi connectivity index (χ3n) is 4.30. The van der Waals surface area contributed by atoms with E-state index in [4.69, 9.17) is 4.74 Å². The second kappa shape index (κ2) is 7.13. The first-order chi connectivity index (χ1) is 11.9. The Morgan fingerprint density at radius 3 is 2.64 bits per heavy atom. The number of esters is 1. The summed E-state index contributed by atoms with van der Waals surface area (Å²) in [6.07, 6.45) is 1.81. The summed E-state index contributed by atoms with van der Waals surface area (Å²) in [6, 6.07) is 0. The van der Waals surface area contributed by atoms with E-state index in [-0.39, 0.29) is 23.3 Å². The summed E-state index contributed by atoms with van der Waals surface area (Å²) in [5, 5.41) is 5.20. The number of nitrogens with zero attached hydrogens (tertiary/aromatic N) is 1. The van der Waals surface area contributed by atoms with Gasteiger partial charge in [0.2, 0.25) is 5.91 Å². The van der Waals surface area contributed by atoms with E-state index in [2.05, 4.69) is 5.32 Å². The van der Waals surface area contributed by atoms with Crippen LogP contribution < -0.4 is 10.2 Å². The Hall–Kier alpha value is -1.93. The molecule has 134 valence electrons. The summed E-state index contributed by atoms with van der Waals surface area (Å²) in [7, 11) is 0. The normalized spacial score (nSPS) is 13.7. The maximum absolute atomic E-state index is 12.5. The van der Waals surface area contributed by atoms with Crippen LogP contribution in [-0.4, -0.2) is 23.1 Å². The number of nitrogens with one attached hydrogen (secondary N) is 1. The van der Waals surface area contributed by atoms with Crippen LogP contribution in [0.2, 0.25) is 0 Å². The molecule has 0 radical (unpaired) electrons. The molecule has 6 nitrogen and oxygen atoms in total. The fraction of sp³-hybridized carbons (Fsp3) is 0.471. The van der Waals surface area contributed by atoms with Crippen molar-refractivity contribution in [3.63, 3.8) is 0 Å². The number of aryl methyl sites for hydroxylation is 2. The standard InChI is InChI=1S/C17H20N2O4S2/c1-9-8-24-17(22)19(9)6-7-23-16(21)13-10(2)11(3)25-15(13)18-14(20)12-4-5-12/h8,12H,4-7H2,1-3H3,(H,18,20). The predicted octanol–water partition coefficient (Wildman–Crippen LogP) is 3.10. The van der Waals surface area contributed by atoms with Crippen molar-refractivity contribution in [2.24, 2.45) is 5.92 Å². The predicted molar refractivity (Wildman–Crippen MR) is 98.7 cm³/mol. The number of thiazole rings is 1. The van der Waals surface area contributed by atoms with E-state index < -0.39 is 5.97 Å². The van der Waals surface area contributed by atoms with E-state index in [1.54, 1.807) is 9.95 Å². The largest absolute Gasteiger partial charge is 0.460 e. The van der Waals surface area contributed by atoms with E-state index in [9.17, 15) is 14.4 Å². The zero-order valence-corrected chi connectivity index (χ0v) is 16.0. The maximum atomic E-state index is 12.5. The number of rotatable bonds is 6. The molecule has 0 saturated heterocycles. The number of thiophene rings is 1. The quantitative estimate of drug-likeness (QED) is 0.781. The minimum absolute atomic E-state index is 0.0317. The van der Waals surface area contributed by atoms with Crippen molar-refractivity contribution in [3.05, 3.63) is 36.7 Å². The molecule has 0 unspecified atom stereocenters. The van der Waals surface area contributed by atoms with Gasteiger partial charge in [-0.05, 0) is 39.2 Å². The lowest BCUT2D eigenvalue weighted by atomic mass is 10.1. The zero-order chi connectivity index (χ0) is 18.1. The molecule has 0 aromatic carbocycles. The molecule has 8 heteroatoms. The molecule has 0 bridgehead atoms. The Labute approximate surface area is 153 Å². The number of ether oxygens (including phenoxy) is 1. The summed E-state index contributed by atoms with van der Waals surface area (Å²) < 4.78 is 6.95. The molecule has 2 aromatic rings. The van der Waals surface area contributed by atoms with Gasteiger partial charge in [-0.15, -0.1) is 11.3 Å². The maximum Gasteiger partial charge on any atom is 0.341 e. The van der Waals surface area contributed by atoms with Gasteiger partial charge in [0.1, 0.15) is 11.6 Å². The highest BCUT2D eigenvalue weighted by Crippen LogP contribution is 2.36. The molecule has 3 rings (SSSR count). The molecule has 0 spiro atoms. The Balaban J connectivity index is 1.68. The van der Waals surface area contributed by atoms with Crippen molar-refractivity contribution in [2.75, 3.05) is 11.9 Å². The van der Waals surface area contributed by atoms with Crippen LogP contribution in [-0.2, 0) is 16.1 Å². The van der Waals surface area contributed by atoms with Gasteiger partial charge in [0.05, 0.1) is 12.1 Å². The molecule has 1 aliphatic rings. The van der Waals surface area contributed by atoms with E-state index >= 15 is 0 Å². The average Bonchev–Trinajstić information content (AvgIpc) is 3.31. The third kappa shape index (κ3) is 3.85. The molecule has 0 aliphatic heterocycles. The Morgan fingerprint density at radius 1 is 1.32 bits per heavy atom. The number of anilines is 1. The van der Waals surface area contributed by atoms with Crippen molar-refractivity contribution in [2.45, 2.75) is 40.2 Å². The van der Waals surface area contributed by atoms with Crippen LogP contribution in [0.5, 0.6) is 0 Å². The monoisotopic (exact) mass is 380 g/mol. The van der Waals surface area contributed by atoms with Gasteiger partial charge >= 0.3 is 10.8 Å². The average molecular weight is 380 g/mol. The second-order valence-corrected chi connectivity index (χ2v) is 8.23. The van der Waals surface area contributed by atoms with Crippen LogP contribution >= 0.6 is 22.7 Å². The number of aromatic nitrogens is 1. The smallest absolute Gasteiger partial charge is 0.341 e. The van der Waals surface area contributed by atoms with Crippen molar-refractivity contribution in [3.8, 4) is 0 Å². The van der Waals surface area contributed by atoms with E-state index in [1.807, 2.05) is 20.8 Å². The Bertz CT molecular complexity index is 874. The Kier molecular flexibility index (Phi) is 5.10. The van der Waals surface area contributed by atoms with Crippen molar-refractivity contribution in [1.29, 1.82) is 0 Å². The van der Waals surface area contributed by atoms with E-state index in [0.717, 1.165) is 40.3 Å². The molecular formula is C17H20N2O4S2. The summed E-state index contributed by atoms with van der Waals surface area (Å²) in [5.74, 6) is -0.426. The topological polar surface area (TPSA) is 77.4 Å². The van der Waals surface area contributed by atoms with Crippen LogP contribution in [0.25, 0.3) is 0 Å². The van der Waals surface area contributed by atoms with Gasteiger partial charge < -0.3 is 10.1 Å². The van der Waals surface area contributed by atoms with Crippen LogP contribution in [0.1, 0.15) is 39.3 Å². The summed E-state index contributed by atoms with van der Waals surface area (Å²) >= 11 is 2.52. The molecule has 1 saturated carbocycles. The highest BCUT2D eigenvalue weighted by atomic mass is 32.1. The number of hydrogen-bond acceptors (Lipinski definition) is 6. The van der Waals surface area contributed by atoms with Gasteiger partial charge in [-0.2, -0.15) is 0 Å². The molecule has 2 heterocycles. The Morgan fingerprint density at radius 2 is 2.04 bits per heavy atom. The van der Waals surface area contributed by atoms with Gasteiger partial charge in [-0.3, -0.25) is 14.2 Å². The van der Waals surface area contributed by atoms with Gasteiger partial charge in [-0.25, -0.2) is 4.79 Å². The van der Waals surface area contributed by atoms with Crippen molar-refractivity contribution >= 4 is 39.6 Å². The van der Waals surface area contributed by atoms with Crippen LogP contribution in [0.3, 0.4) is 0 Å². The van der Waals surface area contributed by atoms with Crippen molar-refractivity contribution in [1.82, 2.24) is 4.57 Å². The number of carbonyl (C=O) groups is 2. The van der Waals surface area contributed by atoms with Crippen LogP contribution in [0.15, 0.2) is 10.2 Å². The lowest BCUT2D eigenvalue weighted by molar-refractivity contribution is -0.117. The first kappa shape index (κ1) is 17.9. The van der Waals surface area contributed by atoms with Gasteiger partial charge in [-0.1, -0.05) is 11.3 Å². The zero-order valence-electron chi connectivity index (χ0n) is 14.4. The SMILES string of the molecule is Cc1sc(NC(=O)C2CC2)c(C(=O)OCCn2c(C)csc2=O)c1C. The lowest BCUT2D eigenvalue weighted by Gasteiger charge is -2.09. The van der Waals surface area contributed by atoms with Crippen LogP contribution in [0, 0.1) is 26.7 Å². The van der Waals surface area contributed by atoms with Crippen molar-refractivity contribution < 1.29 is 14.3 Å². The van der Waals surface area contributed by atoms with Gasteiger partial charge in [0.15, 0.2) is 0 Å². The number of amides is 1. The highest BCUT2D eigenvalue weighted by Gasteiger charge is 2.31. The molecular weight excluding hydrogens is 360 g/mol. The highest BCUT2D eigenvalue weighted by molar-refractivity contribution is 7.16. The van der Waals surface area contributed by atoms with Gasteiger partial charge in [0, 0.05) is 21.9 Å². The molecule has 2 aromatic heterocycles. The fourth-order valence-electron chi connectivity index (χ4n) is 2.50. The number of hydrogen-bond donors (Lipinski definition) is 1. The molecule has 1 N–H and O–H groups in total. The summed E-state index contributed by atoms with van der Waals surface area (Å²) in [5.41, 5.74) is 2.10.